The number of methoxy groups -OCH3 is 2. The van der Waals surface area contributed by atoms with Crippen molar-refractivity contribution >= 4 is 17.4 Å². The zero-order valence-corrected chi connectivity index (χ0v) is 13.7. The Morgan fingerprint density at radius 3 is 2.38 bits per heavy atom. The second kappa shape index (κ2) is 6.74. The normalized spacial score (nSPS) is 13.4. The van der Waals surface area contributed by atoms with Gasteiger partial charge >= 0.3 is 0 Å². The maximum absolute atomic E-state index is 12.7. The fourth-order valence-electron chi connectivity index (χ4n) is 2.84. The van der Waals surface area contributed by atoms with E-state index in [1.54, 1.807) is 37.3 Å². The summed E-state index contributed by atoms with van der Waals surface area (Å²) in [6.45, 7) is 0.397. The number of hydrogen-bond acceptors (Lipinski definition) is 4. The average molecular weight is 325 g/mol. The van der Waals surface area contributed by atoms with Gasteiger partial charge in [0.1, 0.15) is 11.5 Å². The van der Waals surface area contributed by atoms with Crippen LogP contribution in [-0.4, -0.2) is 32.5 Å². The molecule has 1 heterocycles. The molecule has 0 saturated heterocycles. The van der Waals surface area contributed by atoms with Gasteiger partial charge in [0.2, 0.25) is 5.91 Å². The molecule has 0 aliphatic carbocycles. The number of amides is 1. The van der Waals surface area contributed by atoms with Crippen molar-refractivity contribution in [2.45, 2.75) is 12.8 Å². The summed E-state index contributed by atoms with van der Waals surface area (Å²) in [5, 5.41) is 0. The van der Waals surface area contributed by atoms with Crippen LogP contribution in [0, 0.1) is 0 Å². The van der Waals surface area contributed by atoms with Gasteiger partial charge in [-0.3, -0.25) is 9.59 Å². The number of ether oxygens (including phenoxy) is 2. The number of nitrogens with zero attached hydrogens (tertiary/aromatic N) is 1. The van der Waals surface area contributed by atoms with Crippen molar-refractivity contribution in [1.82, 2.24) is 0 Å². The molecule has 0 unspecified atom stereocenters. The Bertz CT molecular complexity index is 767. The van der Waals surface area contributed by atoms with Gasteiger partial charge in [-0.15, -0.1) is 0 Å². The molecule has 5 heteroatoms. The van der Waals surface area contributed by atoms with Gasteiger partial charge in [-0.05, 0) is 29.8 Å². The van der Waals surface area contributed by atoms with Crippen LogP contribution in [-0.2, 0) is 11.2 Å². The third-order valence-corrected chi connectivity index (χ3v) is 4.17. The Morgan fingerprint density at radius 1 is 1.04 bits per heavy atom. The molecule has 2 aromatic carbocycles. The highest BCUT2D eigenvalue weighted by Crippen LogP contribution is 2.31. The lowest BCUT2D eigenvalue weighted by Crippen LogP contribution is -2.38. The van der Waals surface area contributed by atoms with Crippen molar-refractivity contribution < 1.29 is 19.1 Å². The maximum Gasteiger partial charge on any atom is 0.231 e. The van der Waals surface area contributed by atoms with Crippen molar-refractivity contribution in [2.24, 2.45) is 0 Å². The van der Waals surface area contributed by atoms with Crippen LogP contribution in [0.3, 0.4) is 0 Å². The van der Waals surface area contributed by atoms with Crippen molar-refractivity contribution in [3.05, 3.63) is 53.6 Å². The second-order valence-electron chi connectivity index (χ2n) is 5.63. The van der Waals surface area contributed by atoms with E-state index in [0.29, 0.717) is 30.0 Å². The van der Waals surface area contributed by atoms with Crippen LogP contribution >= 0.6 is 0 Å². The van der Waals surface area contributed by atoms with E-state index in [1.807, 2.05) is 24.3 Å². The molecule has 0 saturated carbocycles. The molecule has 2 aromatic rings. The van der Waals surface area contributed by atoms with Crippen LogP contribution in [0.5, 0.6) is 11.5 Å². The van der Waals surface area contributed by atoms with Crippen LogP contribution in [0.15, 0.2) is 42.5 Å². The monoisotopic (exact) mass is 325 g/mol. The summed E-state index contributed by atoms with van der Waals surface area (Å²) in [5.74, 6) is 1.40. The predicted octanol–water partition coefficient (Wildman–Crippen LogP) is 2.87. The second-order valence-corrected chi connectivity index (χ2v) is 5.63. The smallest absolute Gasteiger partial charge is 0.231 e. The SMILES string of the molecule is COc1ccc(CC(=O)N2CCC(=O)c3ccc(OC)cc32)cc1. The van der Waals surface area contributed by atoms with E-state index in [9.17, 15) is 9.59 Å². The van der Waals surface area contributed by atoms with E-state index in [-0.39, 0.29) is 18.1 Å². The van der Waals surface area contributed by atoms with Crippen LogP contribution in [0.2, 0.25) is 0 Å². The zero-order valence-electron chi connectivity index (χ0n) is 13.7. The molecule has 0 fully saturated rings. The van der Waals surface area contributed by atoms with Gasteiger partial charge in [-0.25, -0.2) is 0 Å². The Balaban J connectivity index is 1.85. The van der Waals surface area contributed by atoms with Crippen LogP contribution in [0.4, 0.5) is 5.69 Å². The van der Waals surface area contributed by atoms with Gasteiger partial charge in [0.05, 0.1) is 26.3 Å². The van der Waals surface area contributed by atoms with Crippen LogP contribution in [0.1, 0.15) is 22.3 Å². The lowest BCUT2D eigenvalue weighted by atomic mass is 9.99. The molecule has 0 N–H and O–H groups in total. The van der Waals surface area contributed by atoms with Crippen molar-refractivity contribution in [3.63, 3.8) is 0 Å². The number of hydrogen-bond donors (Lipinski definition) is 0. The number of carbonyl (C=O) groups is 2. The Morgan fingerprint density at radius 2 is 1.71 bits per heavy atom. The number of ketones is 1. The summed E-state index contributed by atoms with van der Waals surface area (Å²) in [5.41, 5.74) is 2.11. The van der Waals surface area contributed by atoms with Gasteiger partial charge in [-0.2, -0.15) is 0 Å². The van der Waals surface area contributed by atoms with E-state index in [1.165, 1.54) is 0 Å². The lowest BCUT2D eigenvalue weighted by Gasteiger charge is -2.29. The minimum atomic E-state index is -0.0397. The topological polar surface area (TPSA) is 55.8 Å². The van der Waals surface area contributed by atoms with E-state index in [2.05, 4.69) is 0 Å². The number of fused-ring (bicyclic) bond motifs is 1. The van der Waals surface area contributed by atoms with E-state index < -0.39 is 0 Å². The largest absolute Gasteiger partial charge is 0.497 e. The number of carbonyl (C=O) groups excluding carboxylic acids is 2. The highest BCUT2D eigenvalue weighted by atomic mass is 16.5. The first-order valence-corrected chi connectivity index (χ1v) is 7.77. The molecule has 24 heavy (non-hydrogen) atoms. The number of Topliss-reactive ketones (excluding diaryl/α,β-unsaturated/α-hetero) is 1. The summed E-state index contributed by atoms with van der Waals surface area (Å²) >= 11 is 0. The summed E-state index contributed by atoms with van der Waals surface area (Å²) < 4.78 is 10.4. The number of benzene rings is 2. The molecule has 1 aliphatic heterocycles. The molecule has 0 atom stereocenters. The lowest BCUT2D eigenvalue weighted by molar-refractivity contribution is -0.118. The Kier molecular flexibility index (Phi) is 4.51. The minimum absolute atomic E-state index is 0.0397. The molecular formula is C19H19NO4. The van der Waals surface area contributed by atoms with Crippen LogP contribution < -0.4 is 14.4 Å². The maximum atomic E-state index is 12.7. The Hall–Kier alpha value is -2.82. The summed E-state index contributed by atoms with van der Waals surface area (Å²) in [7, 11) is 3.17. The third-order valence-electron chi connectivity index (χ3n) is 4.17. The third kappa shape index (κ3) is 3.11. The predicted molar refractivity (Wildman–Crippen MR) is 91.0 cm³/mol. The van der Waals surface area contributed by atoms with Gasteiger partial charge in [0, 0.05) is 24.6 Å². The molecule has 0 radical (unpaired) electrons. The molecule has 0 spiro atoms. The highest BCUT2D eigenvalue weighted by molar-refractivity contribution is 6.09. The van der Waals surface area contributed by atoms with Gasteiger partial charge in [0.25, 0.3) is 0 Å². The fourth-order valence-corrected chi connectivity index (χ4v) is 2.84. The quantitative estimate of drug-likeness (QED) is 0.867. The van der Waals surface area contributed by atoms with E-state index in [4.69, 9.17) is 9.47 Å². The van der Waals surface area contributed by atoms with Gasteiger partial charge < -0.3 is 14.4 Å². The van der Waals surface area contributed by atoms with Crippen molar-refractivity contribution in [1.29, 1.82) is 0 Å². The standard InChI is InChI=1S/C19H19NO4/c1-23-14-5-3-13(4-6-14)11-19(22)20-10-9-18(21)16-8-7-15(24-2)12-17(16)20/h3-8,12H,9-11H2,1-2H3. The fraction of sp³-hybridized carbons (Fsp3) is 0.263. The summed E-state index contributed by atoms with van der Waals surface area (Å²) in [6.07, 6.45) is 0.614. The molecule has 0 aromatic heterocycles. The van der Waals surface area contributed by atoms with Crippen LogP contribution in [0.25, 0.3) is 0 Å². The summed E-state index contributed by atoms with van der Waals surface area (Å²) in [4.78, 5) is 26.5. The molecule has 3 rings (SSSR count). The first-order chi connectivity index (χ1) is 11.6. The van der Waals surface area contributed by atoms with E-state index >= 15 is 0 Å². The molecule has 5 nitrogen and oxygen atoms in total. The molecule has 1 aliphatic rings. The first-order valence-electron chi connectivity index (χ1n) is 7.77. The highest BCUT2D eigenvalue weighted by Gasteiger charge is 2.27. The first kappa shape index (κ1) is 16.1. The molecule has 1 amide bonds. The minimum Gasteiger partial charge on any atom is -0.497 e. The number of rotatable bonds is 4. The van der Waals surface area contributed by atoms with E-state index in [0.717, 1.165) is 11.3 Å². The van der Waals surface area contributed by atoms with Crippen molar-refractivity contribution in [3.8, 4) is 11.5 Å². The summed E-state index contributed by atoms with van der Waals surface area (Å²) in [6, 6.07) is 12.6. The zero-order chi connectivity index (χ0) is 17.1. The molecule has 124 valence electrons. The molecular weight excluding hydrogens is 306 g/mol. The number of anilines is 1. The average Bonchev–Trinajstić information content (AvgIpc) is 2.62. The molecule has 0 bridgehead atoms. The van der Waals surface area contributed by atoms with Gasteiger partial charge in [0.15, 0.2) is 5.78 Å². The van der Waals surface area contributed by atoms with Crippen molar-refractivity contribution in [2.75, 3.05) is 25.7 Å². The Labute approximate surface area is 140 Å². The van der Waals surface area contributed by atoms with Gasteiger partial charge in [-0.1, -0.05) is 12.1 Å².